The van der Waals surface area contributed by atoms with Crippen LogP contribution < -0.4 is 9.47 Å². The largest absolute Gasteiger partial charge is 0.502 e. The van der Waals surface area contributed by atoms with E-state index in [0.29, 0.717) is 5.56 Å². The summed E-state index contributed by atoms with van der Waals surface area (Å²) >= 11 is 0. The number of methoxy groups -OCH3 is 2. The van der Waals surface area contributed by atoms with E-state index in [4.69, 9.17) is 19.8 Å². The first kappa shape index (κ1) is 13.6. The molecule has 2 N–H and O–H groups in total. The van der Waals surface area contributed by atoms with Crippen LogP contribution in [0.2, 0.25) is 0 Å². The molecule has 0 aromatic heterocycles. The van der Waals surface area contributed by atoms with Gasteiger partial charge >= 0.3 is 5.97 Å². The number of nitrogens with zero attached hydrogens (tertiary/aromatic N) is 1. The first-order valence-corrected chi connectivity index (χ1v) is 4.96. The SMILES string of the molecule is COc1cc(C[C](C#N)C(=O)O)cc(OC)c1O. The Morgan fingerprint density at radius 3 is 2.17 bits per heavy atom. The molecule has 0 bridgehead atoms. The Morgan fingerprint density at radius 1 is 1.33 bits per heavy atom. The molecule has 1 radical (unpaired) electrons. The van der Waals surface area contributed by atoms with E-state index in [1.54, 1.807) is 6.07 Å². The van der Waals surface area contributed by atoms with Crippen molar-refractivity contribution in [2.45, 2.75) is 6.42 Å². The number of carbonyl (C=O) groups is 1. The van der Waals surface area contributed by atoms with Gasteiger partial charge in [0.15, 0.2) is 17.4 Å². The van der Waals surface area contributed by atoms with Crippen molar-refractivity contribution in [1.29, 1.82) is 5.26 Å². The van der Waals surface area contributed by atoms with Crippen LogP contribution >= 0.6 is 0 Å². The van der Waals surface area contributed by atoms with E-state index >= 15 is 0 Å². The molecular formula is C12H12NO5. The summed E-state index contributed by atoms with van der Waals surface area (Å²) in [6.07, 6.45) is -0.0706. The molecule has 6 nitrogen and oxygen atoms in total. The molecule has 0 aliphatic heterocycles. The zero-order valence-electron chi connectivity index (χ0n) is 9.93. The first-order valence-electron chi connectivity index (χ1n) is 4.96. The molecule has 1 aromatic carbocycles. The summed E-state index contributed by atoms with van der Waals surface area (Å²) in [4.78, 5) is 10.7. The van der Waals surface area contributed by atoms with E-state index in [-0.39, 0.29) is 29.6 Å². The van der Waals surface area contributed by atoms with Gasteiger partial charge in [0.25, 0.3) is 0 Å². The van der Waals surface area contributed by atoms with Gasteiger partial charge in [0.1, 0.15) is 0 Å². The molecule has 0 heterocycles. The van der Waals surface area contributed by atoms with Crippen LogP contribution in [0.4, 0.5) is 0 Å². The Labute approximate surface area is 104 Å². The van der Waals surface area contributed by atoms with Crippen molar-refractivity contribution in [3.63, 3.8) is 0 Å². The third-order valence-corrected chi connectivity index (χ3v) is 2.31. The molecule has 0 saturated carbocycles. The predicted octanol–water partition coefficient (Wildman–Crippen LogP) is 1.13. The minimum atomic E-state index is -1.27. The number of hydrogen-bond acceptors (Lipinski definition) is 5. The number of carboxylic acids is 1. The highest BCUT2D eigenvalue weighted by Crippen LogP contribution is 2.37. The van der Waals surface area contributed by atoms with Crippen molar-refractivity contribution in [2.75, 3.05) is 14.2 Å². The fourth-order valence-electron chi connectivity index (χ4n) is 1.42. The molecule has 0 unspecified atom stereocenters. The van der Waals surface area contributed by atoms with Gasteiger partial charge in [-0.15, -0.1) is 0 Å². The average molecular weight is 250 g/mol. The Morgan fingerprint density at radius 2 is 1.83 bits per heavy atom. The molecule has 95 valence electrons. The Kier molecular flexibility index (Phi) is 4.38. The highest BCUT2D eigenvalue weighted by atomic mass is 16.5. The number of aromatic hydroxyl groups is 1. The average Bonchev–Trinajstić information content (AvgIpc) is 2.36. The number of nitriles is 1. The summed E-state index contributed by atoms with van der Waals surface area (Å²) in [5, 5.41) is 27.1. The highest BCUT2D eigenvalue weighted by Gasteiger charge is 2.20. The monoisotopic (exact) mass is 250 g/mol. The van der Waals surface area contributed by atoms with Gasteiger partial charge in [0.05, 0.1) is 20.3 Å². The Balaban J connectivity index is 3.11. The van der Waals surface area contributed by atoms with Crippen molar-refractivity contribution in [2.24, 2.45) is 0 Å². The third-order valence-electron chi connectivity index (χ3n) is 2.31. The van der Waals surface area contributed by atoms with E-state index in [9.17, 15) is 9.90 Å². The number of ether oxygens (including phenoxy) is 2. The molecule has 0 aliphatic carbocycles. The van der Waals surface area contributed by atoms with Crippen LogP contribution in [-0.4, -0.2) is 30.4 Å². The summed E-state index contributed by atoms with van der Waals surface area (Å²) in [6, 6.07) is 4.53. The normalized spacial score (nSPS) is 9.89. The molecule has 0 atom stereocenters. The molecule has 0 fully saturated rings. The standard InChI is InChI=1S/C12H12NO5/c1-17-9-4-7(3-8(6-13)12(15)16)5-10(18-2)11(9)14/h4-5,14H,3H2,1-2H3,(H,15,16). The van der Waals surface area contributed by atoms with E-state index in [1.165, 1.54) is 26.4 Å². The first-order chi connectivity index (χ1) is 8.53. The van der Waals surface area contributed by atoms with Gasteiger partial charge in [-0.3, -0.25) is 4.79 Å². The number of carboxylic acid groups (broad SMARTS) is 1. The number of phenols is 1. The number of phenolic OH excluding ortho intramolecular Hbond substituents is 1. The number of rotatable bonds is 5. The number of benzene rings is 1. The maximum Gasteiger partial charge on any atom is 0.326 e. The number of aliphatic carboxylic acids is 1. The molecule has 0 aliphatic rings. The molecule has 18 heavy (non-hydrogen) atoms. The van der Waals surface area contributed by atoms with Crippen LogP contribution in [-0.2, 0) is 11.2 Å². The summed E-state index contributed by atoms with van der Waals surface area (Å²) in [5.74, 6) is -1.43. The lowest BCUT2D eigenvalue weighted by Gasteiger charge is -2.11. The van der Waals surface area contributed by atoms with Crippen LogP contribution in [0.1, 0.15) is 5.56 Å². The molecule has 6 heteroatoms. The second-order valence-corrected chi connectivity index (χ2v) is 3.42. The summed E-state index contributed by atoms with van der Waals surface area (Å²) in [5.41, 5.74) is 0.500. The topological polar surface area (TPSA) is 99.8 Å². The maximum absolute atomic E-state index is 10.7. The second kappa shape index (κ2) is 5.77. The molecule has 0 saturated heterocycles. The minimum absolute atomic E-state index is 0.0706. The van der Waals surface area contributed by atoms with Crippen LogP contribution in [0.5, 0.6) is 17.2 Å². The second-order valence-electron chi connectivity index (χ2n) is 3.42. The van der Waals surface area contributed by atoms with Crippen molar-refractivity contribution in [3.05, 3.63) is 23.6 Å². The van der Waals surface area contributed by atoms with Gasteiger partial charge in [-0.05, 0) is 17.7 Å². The van der Waals surface area contributed by atoms with Gasteiger partial charge in [-0.2, -0.15) is 5.26 Å². The lowest BCUT2D eigenvalue weighted by molar-refractivity contribution is -0.134. The summed E-state index contributed by atoms with van der Waals surface area (Å²) in [7, 11) is 2.73. The molecule has 1 rings (SSSR count). The van der Waals surface area contributed by atoms with Crippen molar-refractivity contribution in [1.82, 2.24) is 0 Å². The van der Waals surface area contributed by atoms with Crippen molar-refractivity contribution < 1.29 is 24.5 Å². The summed E-state index contributed by atoms with van der Waals surface area (Å²) < 4.78 is 9.87. The maximum atomic E-state index is 10.7. The molecular weight excluding hydrogens is 238 g/mol. The van der Waals surface area contributed by atoms with Gasteiger partial charge in [-0.1, -0.05) is 0 Å². The highest BCUT2D eigenvalue weighted by molar-refractivity contribution is 5.87. The van der Waals surface area contributed by atoms with Crippen molar-refractivity contribution >= 4 is 5.97 Å². The van der Waals surface area contributed by atoms with Gasteiger partial charge < -0.3 is 19.7 Å². The van der Waals surface area contributed by atoms with Crippen LogP contribution in [0, 0.1) is 17.2 Å². The van der Waals surface area contributed by atoms with E-state index in [0.717, 1.165) is 0 Å². The zero-order chi connectivity index (χ0) is 13.7. The Hall–Kier alpha value is -2.42. The zero-order valence-corrected chi connectivity index (χ0v) is 9.93. The lowest BCUT2D eigenvalue weighted by Crippen LogP contribution is -2.11. The molecule has 0 spiro atoms. The number of hydrogen-bond donors (Lipinski definition) is 2. The van der Waals surface area contributed by atoms with Crippen molar-refractivity contribution in [3.8, 4) is 23.3 Å². The van der Waals surface area contributed by atoms with Gasteiger partial charge in [-0.25, -0.2) is 0 Å². The van der Waals surface area contributed by atoms with Gasteiger partial charge in [0, 0.05) is 6.42 Å². The summed E-state index contributed by atoms with van der Waals surface area (Å²) in [6.45, 7) is 0. The minimum Gasteiger partial charge on any atom is -0.502 e. The lowest BCUT2D eigenvalue weighted by atomic mass is 10.00. The van der Waals surface area contributed by atoms with Gasteiger partial charge in [0.2, 0.25) is 5.75 Å². The fraction of sp³-hybridized carbons (Fsp3) is 0.250. The fourth-order valence-corrected chi connectivity index (χ4v) is 1.42. The van der Waals surface area contributed by atoms with E-state index in [2.05, 4.69) is 0 Å². The Bertz CT molecular complexity index is 467. The third kappa shape index (κ3) is 2.83. The smallest absolute Gasteiger partial charge is 0.326 e. The van der Waals surface area contributed by atoms with Crippen LogP contribution in [0.25, 0.3) is 0 Å². The van der Waals surface area contributed by atoms with E-state index < -0.39 is 5.97 Å². The van der Waals surface area contributed by atoms with E-state index in [1.807, 2.05) is 0 Å². The predicted molar refractivity (Wildman–Crippen MR) is 61.4 cm³/mol. The van der Waals surface area contributed by atoms with Crippen LogP contribution in [0.15, 0.2) is 12.1 Å². The quantitative estimate of drug-likeness (QED) is 0.812. The molecule has 0 amide bonds. The van der Waals surface area contributed by atoms with Crippen LogP contribution in [0.3, 0.4) is 0 Å². The molecule has 1 aromatic rings.